The lowest BCUT2D eigenvalue weighted by Crippen LogP contribution is -2.19. The van der Waals surface area contributed by atoms with Crippen LogP contribution in [0.3, 0.4) is 0 Å². The normalized spacial score (nSPS) is 11.2. The second-order valence-corrected chi connectivity index (χ2v) is 6.96. The molecule has 0 saturated heterocycles. The molecule has 0 aliphatic rings. The van der Waals surface area contributed by atoms with E-state index in [1.807, 2.05) is 24.5 Å². The van der Waals surface area contributed by atoms with Crippen LogP contribution in [0, 0.1) is 0 Å². The first-order valence-corrected chi connectivity index (χ1v) is 9.51. The minimum Gasteiger partial charge on any atom is -0.324 e. The number of thioether (sulfide) groups is 2. The molecule has 25 heavy (non-hydrogen) atoms. The van der Waals surface area contributed by atoms with E-state index in [1.165, 1.54) is 4.57 Å². The first kappa shape index (κ1) is 17.8. The Kier molecular flexibility index (Phi) is 5.60. The number of hydrogen-bond donors (Lipinski definition) is 1. The number of nitrogens with one attached hydrogen (secondary N) is 1. The highest BCUT2D eigenvalue weighted by molar-refractivity contribution is 7.99. The van der Waals surface area contributed by atoms with Crippen LogP contribution in [0.5, 0.6) is 0 Å². The topological polar surface area (TPSA) is 46.9 Å². The Morgan fingerprint density at radius 3 is 2.80 bits per heavy atom. The molecule has 0 unspecified atom stereocenters. The SMILES string of the molecule is CSc1cccc(NC(=O)Cn2c(SC(F)F)nc3ccccc32)c1. The lowest BCUT2D eigenvalue weighted by molar-refractivity contribution is -0.116. The molecule has 4 nitrogen and oxygen atoms in total. The Morgan fingerprint density at radius 1 is 1.24 bits per heavy atom. The molecule has 0 saturated carbocycles. The van der Waals surface area contributed by atoms with Crippen molar-refractivity contribution in [1.29, 1.82) is 0 Å². The molecular weight excluding hydrogens is 364 g/mol. The van der Waals surface area contributed by atoms with E-state index in [4.69, 9.17) is 0 Å². The maximum Gasteiger partial charge on any atom is 0.291 e. The summed E-state index contributed by atoms with van der Waals surface area (Å²) in [4.78, 5) is 17.6. The third kappa shape index (κ3) is 4.32. The first-order chi connectivity index (χ1) is 12.1. The molecule has 0 aliphatic heterocycles. The number of fused-ring (bicyclic) bond motifs is 1. The molecule has 8 heteroatoms. The molecule has 1 amide bonds. The largest absolute Gasteiger partial charge is 0.324 e. The standard InChI is InChI=1S/C17H15F2N3OS2/c1-24-12-6-4-5-11(9-12)20-15(23)10-22-14-8-3-2-7-13(14)21-17(22)25-16(18)19/h2-9,16H,10H2,1H3,(H,20,23). The highest BCUT2D eigenvalue weighted by atomic mass is 32.2. The molecule has 1 N–H and O–H groups in total. The number of benzene rings is 2. The number of para-hydroxylation sites is 2. The molecule has 3 rings (SSSR count). The van der Waals surface area contributed by atoms with Gasteiger partial charge in [0.25, 0.3) is 5.76 Å². The predicted octanol–water partition coefficient (Wildman–Crippen LogP) is 4.71. The van der Waals surface area contributed by atoms with Gasteiger partial charge in [-0.3, -0.25) is 4.79 Å². The van der Waals surface area contributed by atoms with E-state index in [9.17, 15) is 13.6 Å². The van der Waals surface area contributed by atoms with Gasteiger partial charge in [-0.25, -0.2) is 4.98 Å². The molecule has 130 valence electrons. The van der Waals surface area contributed by atoms with Crippen LogP contribution in [0.1, 0.15) is 0 Å². The third-order valence-electron chi connectivity index (χ3n) is 3.47. The monoisotopic (exact) mass is 379 g/mol. The summed E-state index contributed by atoms with van der Waals surface area (Å²) in [5.41, 5.74) is 1.91. The number of amides is 1. The van der Waals surface area contributed by atoms with Crippen molar-refractivity contribution in [2.75, 3.05) is 11.6 Å². The first-order valence-electron chi connectivity index (χ1n) is 7.41. The zero-order valence-corrected chi connectivity index (χ0v) is 14.9. The second-order valence-electron chi connectivity index (χ2n) is 5.13. The molecule has 0 aliphatic carbocycles. The number of halogens is 2. The number of anilines is 1. The van der Waals surface area contributed by atoms with Gasteiger partial charge in [-0.05, 0) is 48.3 Å². The number of nitrogens with zero attached hydrogens (tertiary/aromatic N) is 2. The number of rotatable bonds is 6. The number of hydrogen-bond acceptors (Lipinski definition) is 4. The molecule has 1 heterocycles. The van der Waals surface area contributed by atoms with Gasteiger partial charge in [-0.1, -0.05) is 18.2 Å². The Balaban J connectivity index is 1.84. The van der Waals surface area contributed by atoms with E-state index in [-0.39, 0.29) is 17.6 Å². The highest BCUT2D eigenvalue weighted by Gasteiger charge is 2.17. The van der Waals surface area contributed by atoms with E-state index in [2.05, 4.69) is 10.3 Å². The van der Waals surface area contributed by atoms with E-state index in [0.29, 0.717) is 28.5 Å². The summed E-state index contributed by atoms with van der Waals surface area (Å²) >= 11 is 1.91. The van der Waals surface area contributed by atoms with Crippen LogP contribution in [0.2, 0.25) is 0 Å². The number of carbonyl (C=O) groups is 1. The fourth-order valence-corrected chi connectivity index (χ4v) is 3.48. The van der Waals surface area contributed by atoms with Gasteiger partial charge in [0.2, 0.25) is 5.91 Å². The van der Waals surface area contributed by atoms with Gasteiger partial charge in [0, 0.05) is 10.6 Å². The zero-order valence-electron chi connectivity index (χ0n) is 13.3. The van der Waals surface area contributed by atoms with E-state index in [0.717, 1.165) is 4.90 Å². The molecule has 3 aromatic rings. The molecule has 0 bridgehead atoms. The van der Waals surface area contributed by atoms with E-state index in [1.54, 1.807) is 42.1 Å². The quantitative estimate of drug-likeness (QED) is 0.630. The van der Waals surface area contributed by atoms with Crippen molar-refractivity contribution in [2.24, 2.45) is 0 Å². The number of carbonyl (C=O) groups excluding carboxylic acids is 1. The fraction of sp³-hybridized carbons (Fsp3) is 0.176. The Labute approximate surface area is 152 Å². The van der Waals surface area contributed by atoms with Gasteiger partial charge in [0.1, 0.15) is 6.54 Å². The molecule has 1 aromatic heterocycles. The Morgan fingerprint density at radius 2 is 2.04 bits per heavy atom. The van der Waals surface area contributed by atoms with Gasteiger partial charge in [-0.15, -0.1) is 11.8 Å². The second kappa shape index (κ2) is 7.88. The highest BCUT2D eigenvalue weighted by Crippen LogP contribution is 2.28. The van der Waals surface area contributed by atoms with Crippen LogP contribution in [0.4, 0.5) is 14.5 Å². The van der Waals surface area contributed by atoms with Crippen LogP contribution in [-0.4, -0.2) is 27.5 Å². The predicted molar refractivity (Wildman–Crippen MR) is 98.4 cm³/mol. The van der Waals surface area contributed by atoms with Crippen LogP contribution >= 0.6 is 23.5 Å². The lowest BCUT2D eigenvalue weighted by atomic mass is 10.3. The average Bonchev–Trinajstić information content (AvgIpc) is 2.91. The Bertz CT molecular complexity index is 898. The maximum atomic E-state index is 12.8. The summed E-state index contributed by atoms with van der Waals surface area (Å²) in [6, 6.07) is 14.5. The maximum absolute atomic E-state index is 12.8. The summed E-state index contributed by atoms with van der Waals surface area (Å²) < 4.78 is 27.1. The van der Waals surface area contributed by atoms with Crippen LogP contribution in [0.15, 0.2) is 58.6 Å². The summed E-state index contributed by atoms with van der Waals surface area (Å²) in [5, 5.41) is 2.93. The van der Waals surface area contributed by atoms with Crippen LogP contribution in [0.25, 0.3) is 11.0 Å². The zero-order chi connectivity index (χ0) is 17.8. The lowest BCUT2D eigenvalue weighted by Gasteiger charge is -2.10. The van der Waals surface area contributed by atoms with Crippen molar-refractivity contribution in [3.8, 4) is 0 Å². The van der Waals surface area contributed by atoms with E-state index < -0.39 is 5.76 Å². The van der Waals surface area contributed by atoms with Crippen molar-refractivity contribution in [1.82, 2.24) is 9.55 Å². The Hall–Kier alpha value is -2.06. The molecule has 0 fully saturated rings. The molecule has 0 radical (unpaired) electrons. The smallest absolute Gasteiger partial charge is 0.291 e. The summed E-state index contributed by atoms with van der Waals surface area (Å²) in [6.07, 6.45) is 1.95. The number of alkyl halides is 2. The van der Waals surface area contributed by atoms with Crippen LogP contribution < -0.4 is 5.32 Å². The fourth-order valence-electron chi connectivity index (χ4n) is 2.42. The van der Waals surface area contributed by atoms with Gasteiger partial charge < -0.3 is 9.88 Å². The van der Waals surface area contributed by atoms with Crippen molar-refractivity contribution in [3.05, 3.63) is 48.5 Å². The average molecular weight is 379 g/mol. The van der Waals surface area contributed by atoms with Crippen molar-refractivity contribution < 1.29 is 13.6 Å². The van der Waals surface area contributed by atoms with Gasteiger partial charge in [0.05, 0.1) is 11.0 Å². The van der Waals surface area contributed by atoms with E-state index >= 15 is 0 Å². The van der Waals surface area contributed by atoms with Crippen molar-refractivity contribution in [2.45, 2.75) is 22.4 Å². The number of imidazole rings is 1. The van der Waals surface area contributed by atoms with Crippen molar-refractivity contribution in [3.63, 3.8) is 0 Å². The molecule has 0 atom stereocenters. The molecule has 0 spiro atoms. The minimum atomic E-state index is -2.60. The summed E-state index contributed by atoms with van der Waals surface area (Å²) in [6.45, 7) is -0.0843. The van der Waals surface area contributed by atoms with Gasteiger partial charge in [0.15, 0.2) is 5.16 Å². The van der Waals surface area contributed by atoms with Crippen molar-refractivity contribution >= 4 is 46.2 Å². The van der Waals surface area contributed by atoms with Crippen LogP contribution in [-0.2, 0) is 11.3 Å². The molecular formula is C17H15F2N3OS2. The minimum absolute atomic E-state index is 0.0843. The number of aromatic nitrogens is 2. The summed E-state index contributed by atoms with van der Waals surface area (Å²) in [5.74, 6) is -2.89. The molecule has 2 aromatic carbocycles. The summed E-state index contributed by atoms with van der Waals surface area (Å²) in [7, 11) is 0. The van der Waals surface area contributed by atoms with Gasteiger partial charge >= 0.3 is 0 Å². The van der Waals surface area contributed by atoms with Gasteiger partial charge in [-0.2, -0.15) is 8.78 Å². The third-order valence-corrected chi connectivity index (χ3v) is 4.90.